The summed E-state index contributed by atoms with van der Waals surface area (Å²) in [6, 6.07) is 5.66. The predicted octanol–water partition coefficient (Wildman–Crippen LogP) is 2.42. The van der Waals surface area contributed by atoms with Crippen LogP contribution in [0.2, 0.25) is 0 Å². The molecule has 2 aromatic rings. The molecule has 2 heterocycles. The number of rotatable bonds is 4. The molecule has 0 fully saturated rings. The second-order valence-electron chi connectivity index (χ2n) is 4.86. The second kappa shape index (κ2) is 5.65. The third kappa shape index (κ3) is 3.40. The third-order valence-electron chi connectivity index (χ3n) is 2.93. The number of H-pyrrole nitrogens is 1. The number of aromatic amines is 1. The van der Waals surface area contributed by atoms with E-state index in [0.29, 0.717) is 11.7 Å². The van der Waals surface area contributed by atoms with Crippen LogP contribution in [-0.2, 0) is 11.2 Å². The molecular weight excluding hydrogens is 240 g/mol. The van der Waals surface area contributed by atoms with E-state index in [1.807, 2.05) is 25.1 Å². The molecule has 0 unspecified atom stereocenters. The van der Waals surface area contributed by atoms with Crippen LogP contribution in [0.1, 0.15) is 36.7 Å². The maximum Gasteiger partial charge on any atom is 0.231 e. The highest BCUT2D eigenvalue weighted by Crippen LogP contribution is 2.15. The molecule has 0 aliphatic heterocycles. The Labute approximate surface area is 112 Å². The number of hydrogen-bond acceptors (Lipinski definition) is 3. The highest BCUT2D eigenvalue weighted by Gasteiger charge is 2.10. The zero-order valence-corrected chi connectivity index (χ0v) is 11.4. The minimum absolute atomic E-state index is 0.108. The molecule has 2 aromatic heterocycles. The van der Waals surface area contributed by atoms with Crippen molar-refractivity contribution in [2.45, 2.75) is 33.1 Å². The Balaban J connectivity index is 1.99. The van der Waals surface area contributed by atoms with Crippen molar-refractivity contribution >= 4 is 11.7 Å². The van der Waals surface area contributed by atoms with E-state index < -0.39 is 0 Å². The van der Waals surface area contributed by atoms with Crippen LogP contribution in [0.25, 0.3) is 0 Å². The first kappa shape index (κ1) is 13.3. The summed E-state index contributed by atoms with van der Waals surface area (Å²) in [5, 5.41) is 9.74. The maximum atomic E-state index is 11.9. The Kier molecular flexibility index (Phi) is 3.94. The van der Waals surface area contributed by atoms with Crippen LogP contribution in [0.4, 0.5) is 5.82 Å². The van der Waals surface area contributed by atoms with Gasteiger partial charge in [-0.05, 0) is 24.5 Å². The van der Waals surface area contributed by atoms with E-state index in [1.165, 1.54) is 0 Å². The molecular formula is C14H18N4O. The van der Waals surface area contributed by atoms with Gasteiger partial charge in [0.15, 0.2) is 5.82 Å². The van der Waals surface area contributed by atoms with Crippen molar-refractivity contribution in [2.75, 3.05) is 5.32 Å². The van der Waals surface area contributed by atoms with Gasteiger partial charge in [0.25, 0.3) is 0 Å². The lowest BCUT2D eigenvalue weighted by atomic mass is 10.1. The van der Waals surface area contributed by atoms with Crippen LogP contribution in [0.5, 0.6) is 0 Å². The molecule has 1 amide bonds. The van der Waals surface area contributed by atoms with Gasteiger partial charge in [-0.3, -0.25) is 14.9 Å². The number of anilines is 1. The molecule has 5 nitrogen and oxygen atoms in total. The minimum Gasteiger partial charge on any atom is -0.309 e. The molecule has 0 saturated carbocycles. The lowest BCUT2D eigenvalue weighted by molar-refractivity contribution is -0.115. The molecule has 5 heteroatoms. The summed E-state index contributed by atoms with van der Waals surface area (Å²) in [5.41, 5.74) is 2.81. The molecule has 100 valence electrons. The van der Waals surface area contributed by atoms with Crippen molar-refractivity contribution in [3.63, 3.8) is 0 Å². The van der Waals surface area contributed by atoms with E-state index >= 15 is 0 Å². The third-order valence-corrected chi connectivity index (χ3v) is 2.93. The topological polar surface area (TPSA) is 70.7 Å². The summed E-state index contributed by atoms with van der Waals surface area (Å²) in [7, 11) is 0. The van der Waals surface area contributed by atoms with Crippen molar-refractivity contribution in [3.8, 4) is 0 Å². The smallest absolute Gasteiger partial charge is 0.231 e. The molecule has 0 aliphatic carbocycles. The van der Waals surface area contributed by atoms with Gasteiger partial charge in [-0.2, -0.15) is 5.10 Å². The number of aromatic nitrogens is 3. The quantitative estimate of drug-likeness (QED) is 0.884. The highest BCUT2D eigenvalue weighted by atomic mass is 16.1. The van der Waals surface area contributed by atoms with Crippen molar-refractivity contribution in [2.24, 2.45) is 0 Å². The van der Waals surface area contributed by atoms with Crippen LogP contribution in [0.15, 0.2) is 24.4 Å². The molecule has 0 bridgehead atoms. The van der Waals surface area contributed by atoms with E-state index in [1.54, 1.807) is 6.20 Å². The average Bonchev–Trinajstić information content (AvgIpc) is 2.80. The number of nitrogens with one attached hydrogen (secondary N) is 2. The summed E-state index contributed by atoms with van der Waals surface area (Å²) in [4.78, 5) is 16.1. The maximum absolute atomic E-state index is 11.9. The molecule has 0 saturated heterocycles. The fourth-order valence-corrected chi connectivity index (χ4v) is 1.74. The van der Waals surface area contributed by atoms with Gasteiger partial charge in [0.1, 0.15) is 0 Å². The summed E-state index contributed by atoms with van der Waals surface area (Å²) in [6.07, 6.45) is 1.96. The van der Waals surface area contributed by atoms with Crippen molar-refractivity contribution in [1.82, 2.24) is 15.2 Å². The molecule has 0 aromatic carbocycles. The average molecular weight is 258 g/mol. The van der Waals surface area contributed by atoms with Gasteiger partial charge < -0.3 is 5.32 Å². The zero-order valence-electron chi connectivity index (χ0n) is 11.4. The molecule has 0 aliphatic rings. The fourth-order valence-electron chi connectivity index (χ4n) is 1.74. The van der Waals surface area contributed by atoms with Gasteiger partial charge in [-0.15, -0.1) is 0 Å². The zero-order chi connectivity index (χ0) is 13.8. The van der Waals surface area contributed by atoms with Crippen molar-refractivity contribution in [1.29, 1.82) is 0 Å². The summed E-state index contributed by atoms with van der Waals surface area (Å²) in [6.45, 7) is 6.08. The monoisotopic (exact) mass is 258 g/mol. The number of pyridine rings is 1. The van der Waals surface area contributed by atoms with E-state index in [9.17, 15) is 4.79 Å². The molecule has 0 atom stereocenters. The Morgan fingerprint density at radius 2 is 2.26 bits per heavy atom. The van der Waals surface area contributed by atoms with Crippen LogP contribution in [0, 0.1) is 6.92 Å². The van der Waals surface area contributed by atoms with Crippen molar-refractivity contribution < 1.29 is 4.79 Å². The number of amides is 1. The first-order chi connectivity index (χ1) is 9.06. The summed E-state index contributed by atoms with van der Waals surface area (Å²) < 4.78 is 0. The number of nitrogens with zero attached hydrogens (tertiary/aromatic N) is 2. The van der Waals surface area contributed by atoms with Crippen LogP contribution >= 0.6 is 0 Å². The lowest BCUT2D eigenvalue weighted by Gasteiger charge is -2.04. The van der Waals surface area contributed by atoms with Gasteiger partial charge in [0.2, 0.25) is 5.91 Å². The van der Waals surface area contributed by atoms with E-state index in [-0.39, 0.29) is 12.3 Å². The van der Waals surface area contributed by atoms with Gasteiger partial charge >= 0.3 is 0 Å². The van der Waals surface area contributed by atoms with Crippen LogP contribution in [0.3, 0.4) is 0 Å². The Hall–Kier alpha value is -2.17. The van der Waals surface area contributed by atoms with Gasteiger partial charge in [-0.1, -0.05) is 19.9 Å². The fraction of sp³-hybridized carbons (Fsp3) is 0.357. The number of carbonyl (C=O) groups is 1. The largest absolute Gasteiger partial charge is 0.309 e. The molecule has 2 N–H and O–H groups in total. The number of hydrogen-bond donors (Lipinski definition) is 2. The number of carbonyl (C=O) groups excluding carboxylic acids is 1. The first-order valence-electron chi connectivity index (χ1n) is 6.32. The van der Waals surface area contributed by atoms with Crippen molar-refractivity contribution in [3.05, 3.63) is 41.3 Å². The summed E-state index contributed by atoms with van der Waals surface area (Å²) >= 11 is 0. The Morgan fingerprint density at radius 3 is 2.89 bits per heavy atom. The normalized spacial score (nSPS) is 10.7. The molecule has 0 spiro atoms. The predicted molar refractivity (Wildman–Crippen MR) is 74.0 cm³/mol. The van der Waals surface area contributed by atoms with Crippen LogP contribution in [-0.4, -0.2) is 21.1 Å². The standard InChI is InChI=1S/C14H18N4O/c1-9(2)11-7-13(18-17-11)16-14(19)8-12-10(3)5-4-6-15-12/h4-7,9H,8H2,1-3H3,(H2,16,17,18,19). The van der Waals surface area contributed by atoms with Crippen LogP contribution < -0.4 is 5.32 Å². The second-order valence-corrected chi connectivity index (χ2v) is 4.86. The van der Waals surface area contributed by atoms with Gasteiger partial charge in [0.05, 0.1) is 12.1 Å². The van der Waals surface area contributed by atoms with Gasteiger partial charge in [-0.25, -0.2) is 0 Å². The first-order valence-corrected chi connectivity index (χ1v) is 6.32. The SMILES string of the molecule is Cc1cccnc1CC(=O)Nc1cc(C(C)C)[nH]n1. The van der Waals surface area contributed by atoms with E-state index in [0.717, 1.165) is 17.0 Å². The highest BCUT2D eigenvalue weighted by molar-refractivity contribution is 5.91. The molecule has 0 radical (unpaired) electrons. The van der Waals surface area contributed by atoms with Gasteiger partial charge in [0, 0.05) is 18.0 Å². The Morgan fingerprint density at radius 1 is 1.47 bits per heavy atom. The Bertz CT molecular complexity index is 574. The molecule has 2 rings (SSSR count). The molecule has 19 heavy (non-hydrogen) atoms. The minimum atomic E-state index is -0.108. The number of aryl methyl sites for hydroxylation is 1. The summed E-state index contributed by atoms with van der Waals surface area (Å²) in [5.74, 6) is 0.807. The van der Waals surface area contributed by atoms with E-state index in [4.69, 9.17) is 0 Å². The van der Waals surface area contributed by atoms with E-state index in [2.05, 4.69) is 34.3 Å². The lowest BCUT2D eigenvalue weighted by Crippen LogP contribution is -2.16.